The van der Waals surface area contributed by atoms with Gasteiger partial charge in [-0.15, -0.1) is 0 Å². The molecule has 0 atom stereocenters. The fourth-order valence-electron chi connectivity index (χ4n) is 2.28. The van der Waals surface area contributed by atoms with Crippen molar-refractivity contribution in [2.24, 2.45) is 0 Å². The molecule has 1 aromatic carbocycles. The average molecular weight is 357 g/mol. The zero-order valence-corrected chi connectivity index (χ0v) is 15.0. The van der Waals surface area contributed by atoms with Gasteiger partial charge >= 0.3 is 0 Å². The third-order valence-electron chi connectivity index (χ3n) is 3.60. The highest BCUT2D eigenvalue weighted by Crippen LogP contribution is 2.22. The van der Waals surface area contributed by atoms with Gasteiger partial charge in [-0.25, -0.2) is 13.5 Å². The van der Waals surface area contributed by atoms with Crippen LogP contribution in [0.1, 0.15) is 44.9 Å². The van der Waals surface area contributed by atoms with Gasteiger partial charge in [0.1, 0.15) is 18.1 Å². The Morgan fingerprint density at radius 2 is 2.04 bits per heavy atom. The summed E-state index contributed by atoms with van der Waals surface area (Å²) in [5, 5.41) is 4.91. The van der Waals surface area contributed by atoms with Crippen LogP contribution in [0, 0.1) is 5.82 Å². The van der Waals surface area contributed by atoms with E-state index in [-0.39, 0.29) is 12.4 Å². The molecule has 0 saturated heterocycles. The molecule has 2 aromatic rings. The van der Waals surface area contributed by atoms with Gasteiger partial charge in [0.25, 0.3) is 0 Å². The molecule has 0 aliphatic heterocycles. The molecule has 3 nitrogen and oxygen atoms in total. The molecule has 0 fully saturated rings. The zero-order chi connectivity index (χ0) is 17.7. The van der Waals surface area contributed by atoms with E-state index in [0.717, 1.165) is 18.5 Å². The minimum Gasteiger partial charge on any atom is -0.473 e. The van der Waals surface area contributed by atoms with Gasteiger partial charge in [0.05, 0.1) is 5.69 Å². The van der Waals surface area contributed by atoms with Crippen molar-refractivity contribution in [3.63, 3.8) is 0 Å². The van der Waals surface area contributed by atoms with Crippen LogP contribution in [-0.2, 0) is 19.6 Å². The molecule has 0 aliphatic carbocycles. The summed E-state index contributed by atoms with van der Waals surface area (Å²) in [6.07, 6.45) is 2.09. The molecule has 132 valence electrons. The third kappa shape index (κ3) is 5.48. The van der Waals surface area contributed by atoms with E-state index in [1.54, 1.807) is 4.68 Å². The van der Waals surface area contributed by atoms with Crippen LogP contribution in [-0.4, -0.2) is 15.4 Å². The second-order valence-corrected chi connectivity index (χ2v) is 6.88. The number of nitrogens with zero attached hydrogens (tertiary/aromatic N) is 2. The highest BCUT2D eigenvalue weighted by molar-refractivity contribution is 6.30. The Morgan fingerprint density at radius 1 is 1.29 bits per heavy atom. The van der Waals surface area contributed by atoms with Gasteiger partial charge in [-0.2, -0.15) is 5.10 Å². The molecule has 1 heterocycles. The fourth-order valence-corrected chi connectivity index (χ4v) is 2.48. The van der Waals surface area contributed by atoms with Gasteiger partial charge < -0.3 is 4.74 Å². The minimum absolute atomic E-state index is 0.0443. The smallest absolute Gasteiger partial charge is 0.212 e. The zero-order valence-electron chi connectivity index (χ0n) is 14.3. The Labute approximate surface area is 146 Å². The van der Waals surface area contributed by atoms with Gasteiger partial charge in [0, 0.05) is 29.6 Å². The number of halogens is 3. The molecule has 0 amide bonds. The highest BCUT2D eigenvalue weighted by atomic mass is 35.5. The van der Waals surface area contributed by atoms with Gasteiger partial charge in [0.2, 0.25) is 5.88 Å². The third-order valence-corrected chi connectivity index (χ3v) is 3.84. The standard InChI is InChI=1S/C18H23ClF2N2O/c1-4-5-15-11-17(23(22-15)9-8-18(2,3)21)24-12-13-10-14(19)6-7-16(13)20/h6-7,10-11H,4-5,8-9,12H2,1-3H3. The Hall–Kier alpha value is -1.62. The summed E-state index contributed by atoms with van der Waals surface area (Å²) in [5.74, 6) is 0.145. The van der Waals surface area contributed by atoms with E-state index in [0.29, 0.717) is 29.4 Å². The maximum absolute atomic E-state index is 13.8. The molecule has 0 aliphatic rings. The highest BCUT2D eigenvalue weighted by Gasteiger charge is 2.18. The van der Waals surface area contributed by atoms with Crippen molar-refractivity contribution >= 4 is 11.6 Å². The minimum atomic E-state index is -1.28. The number of aromatic nitrogens is 2. The fraction of sp³-hybridized carbons (Fsp3) is 0.500. The lowest BCUT2D eigenvalue weighted by Gasteiger charge is -2.15. The first-order valence-corrected chi connectivity index (χ1v) is 8.48. The maximum atomic E-state index is 13.8. The molecular weight excluding hydrogens is 334 g/mol. The molecule has 0 bridgehead atoms. The van der Waals surface area contributed by atoms with Gasteiger partial charge in [-0.05, 0) is 38.5 Å². The summed E-state index contributed by atoms with van der Waals surface area (Å²) < 4.78 is 34.9. The lowest BCUT2D eigenvalue weighted by molar-refractivity contribution is 0.183. The summed E-state index contributed by atoms with van der Waals surface area (Å²) in [4.78, 5) is 0. The van der Waals surface area contributed by atoms with Crippen LogP contribution in [0.15, 0.2) is 24.3 Å². The molecule has 0 unspecified atom stereocenters. The summed E-state index contributed by atoms with van der Waals surface area (Å²) in [7, 11) is 0. The maximum Gasteiger partial charge on any atom is 0.212 e. The summed E-state index contributed by atoms with van der Waals surface area (Å²) in [6.45, 7) is 5.57. The quantitative estimate of drug-likeness (QED) is 0.637. The number of alkyl halides is 1. The van der Waals surface area contributed by atoms with Gasteiger partial charge in [-0.1, -0.05) is 24.9 Å². The number of rotatable bonds is 8. The lowest BCUT2D eigenvalue weighted by atomic mass is 10.1. The van der Waals surface area contributed by atoms with Crippen molar-refractivity contribution in [3.8, 4) is 5.88 Å². The van der Waals surface area contributed by atoms with E-state index in [9.17, 15) is 8.78 Å². The molecule has 0 spiro atoms. The van der Waals surface area contributed by atoms with E-state index in [1.165, 1.54) is 32.0 Å². The molecule has 0 saturated carbocycles. The Morgan fingerprint density at radius 3 is 2.71 bits per heavy atom. The second kappa shape index (κ2) is 7.97. The first-order valence-electron chi connectivity index (χ1n) is 8.11. The van der Waals surface area contributed by atoms with Crippen LogP contribution in [0.5, 0.6) is 5.88 Å². The van der Waals surface area contributed by atoms with Crippen molar-refractivity contribution in [2.75, 3.05) is 0 Å². The van der Waals surface area contributed by atoms with Crippen LogP contribution in [0.2, 0.25) is 5.02 Å². The van der Waals surface area contributed by atoms with Crippen LogP contribution in [0.25, 0.3) is 0 Å². The average Bonchev–Trinajstić information content (AvgIpc) is 2.88. The van der Waals surface area contributed by atoms with Crippen LogP contribution in [0.4, 0.5) is 8.78 Å². The van der Waals surface area contributed by atoms with Crippen molar-refractivity contribution in [1.82, 2.24) is 9.78 Å². The van der Waals surface area contributed by atoms with Crippen molar-refractivity contribution in [3.05, 3.63) is 46.4 Å². The lowest BCUT2D eigenvalue weighted by Crippen LogP contribution is -2.17. The Kier molecular flexibility index (Phi) is 6.21. The number of ether oxygens (including phenoxy) is 1. The van der Waals surface area contributed by atoms with Gasteiger partial charge in [-0.3, -0.25) is 0 Å². The first kappa shape index (κ1) is 18.7. The summed E-state index contributed by atoms with van der Waals surface area (Å²) in [5.41, 5.74) is -0.0263. The predicted molar refractivity (Wildman–Crippen MR) is 91.8 cm³/mol. The number of hydrogen-bond donors (Lipinski definition) is 0. The Bertz CT molecular complexity index is 680. The van der Waals surface area contributed by atoms with Gasteiger partial charge in [0.15, 0.2) is 0 Å². The number of aryl methyl sites for hydroxylation is 2. The first-order chi connectivity index (χ1) is 11.3. The second-order valence-electron chi connectivity index (χ2n) is 6.44. The molecule has 24 heavy (non-hydrogen) atoms. The molecule has 0 N–H and O–H groups in total. The van der Waals surface area contributed by atoms with Crippen LogP contribution in [0.3, 0.4) is 0 Å². The van der Waals surface area contributed by atoms with Crippen molar-refractivity contribution in [1.29, 1.82) is 0 Å². The largest absolute Gasteiger partial charge is 0.473 e. The molecule has 0 radical (unpaired) electrons. The van der Waals surface area contributed by atoms with Crippen LogP contribution < -0.4 is 4.74 Å². The van der Waals surface area contributed by atoms with E-state index in [4.69, 9.17) is 16.3 Å². The summed E-state index contributed by atoms with van der Waals surface area (Å²) >= 11 is 5.89. The molecular formula is C18H23ClF2N2O. The topological polar surface area (TPSA) is 27.1 Å². The van der Waals surface area contributed by atoms with E-state index < -0.39 is 5.67 Å². The predicted octanol–water partition coefficient (Wildman–Crippen LogP) is 5.35. The van der Waals surface area contributed by atoms with E-state index in [2.05, 4.69) is 12.0 Å². The molecule has 1 aromatic heterocycles. The van der Waals surface area contributed by atoms with Crippen molar-refractivity contribution < 1.29 is 13.5 Å². The Balaban J connectivity index is 2.13. The van der Waals surface area contributed by atoms with E-state index >= 15 is 0 Å². The molecule has 6 heteroatoms. The van der Waals surface area contributed by atoms with Crippen LogP contribution >= 0.6 is 11.6 Å². The monoisotopic (exact) mass is 356 g/mol. The normalized spacial score (nSPS) is 11.8. The number of benzene rings is 1. The summed E-state index contributed by atoms with van der Waals surface area (Å²) in [6, 6.07) is 6.17. The SMILES string of the molecule is CCCc1cc(OCc2cc(Cl)ccc2F)n(CCC(C)(C)F)n1. The molecule has 2 rings (SSSR count). The van der Waals surface area contributed by atoms with E-state index in [1.807, 2.05) is 6.07 Å². The number of hydrogen-bond acceptors (Lipinski definition) is 2. The van der Waals surface area contributed by atoms with Crippen molar-refractivity contribution in [2.45, 2.75) is 58.9 Å².